The second-order valence-electron chi connectivity index (χ2n) is 7.52. The number of hydrogen-bond donors (Lipinski definition) is 0. The fourth-order valence-corrected chi connectivity index (χ4v) is 3.94. The number of hydrogen-bond acceptors (Lipinski definition) is 5. The number of benzene rings is 2. The molecule has 0 fully saturated rings. The first kappa shape index (κ1) is 21.8. The van der Waals surface area contributed by atoms with E-state index in [0.717, 1.165) is 11.3 Å². The van der Waals surface area contributed by atoms with Gasteiger partial charge < -0.3 is 9.42 Å². The van der Waals surface area contributed by atoms with Gasteiger partial charge in [-0.05, 0) is 50.1 Å². The smallest absolute Gasteiger partial charge is 0.267 e. The fourth-order valence-electron chi connectivity index (χ4n) is 3.82. The van der Waals surface area contributed by atoms with Crippen molar-refractivity contribution in [3.8, 4) is 11.3 Å². The molecule has 1 atom stereocenters. The highest BCUT2D eigenvalue weighted by molar-refractivity contribution is 6.30. The molecule has 1 amide bonds. The van der Waals surface area contributed by atoms with Crippen LogP contribution in [0.3, 0.4) is 0 Å². The summed E-state index contributed by atoms with van der Waals surface area (Å²) in [4.78, 5) is 33.0. The van der Waals surface area contributed by atoms with Crippen molar-refractivity contribution >= 4 is 34.3 Å². The van der Waals surface area contributed by atoms with Crippen LogP contribution in [-0.4, -0.2) is 27.2 Å². The molecule has 32 heavy (non-hydrogen) atoms. The Balaban J connectivity index is 1.79. The maximum atomic E-state index is 13.5. The summed E-state index contributed by atoms with van der Waals surface area (Å²) in [6.45, 7) is 6.24. The molecule has 0 saturated carbocycles. The van der Waals surface area contributed by atoms with Crippen LogP contribution in [0.15, 0.2) is 64.2 Å². The molecule has 4 rings (SSSR count). The molecule has 8 heteroatoms. The quantitative estimate of drug-likeness (QED) is 0.412. The first-order valence-electron chi connectivity index (χ1n) is 10.4. The number of halogens is 1. The van der Waals surface area contributed by atoms with Gasteiger partial charge in [-0.15, -0.1) is 0 Å². The molecule has 0 spiro atoms. The Labute approximate surface area is 190 Å². The van der Waals surface area contributed by atoms with Crippen LogP contribution in [0.4, 0.5) is 5.69 Å². The van der Waals surface area contributed by atoms with Crippen molar-refractivity contribution in [2.24, 2.45) is 0 Å². The van der Waals surface area contributed by atoms with Gasteiger partial charge in [-0.1, -0.05) is 47.9 Å². The van der Waals surface area contributed by atoms with Gasteiger partial charge in [0.15, 0.2) is 0 Å². The number of anilines is 1. The lowest BCUT2D eigenvalue weighted by atomic mass is 10.1. The predicted molar refractivity (Wildman–Crippen MR) is 125 cm³/mol. The second kappa shape index (κ2) is 8.96. The van der Waals surface area contributed by atoms with E-state index in [9.17, 15) is 9.59 Å². The van der Waals surface area contributed by atoms with Crippen LogP contribution < -0.4 is 10.5 Å². The molecule has 2 heterocycles. The Bertz CT molecular complexity index is 1330. The molecule has 2 aromatic heterocycles. The molecular weight excluding hydrogens is 428 g/mol. The predicted octanol–water partition coefficient (Wildman–Crippen LogP) is 5.02. The zero-order chi connectivity index (χ0) is 22.8. The molecular formula is C24H23ClN4O3. The Morgan fingerprint density at radius 3 is 2.59 bits per heavy atom. The number of nitrogens with zero attached hydrogens (tertiary/aromatic N) is 4. The van der Waals surface area contributed by atoms with Crippen LogP contribution in [0.1, 0.15) is 31.9 Å². The first-order chi connectivity index (χ1) is 15.4. The molecule has 0 radical (unpaired) electrons. The molecule has 7 nitrogen and oxygen atoms in total. The van der Waals surface area contributed by atoms with Gasteiger partial charge in [0.2, 0.25) is 5.91 Å². The molecule has 0 aliphatic heterocycles. The number of rotatable bonds is 6. The number of aromatic nitrogens is 3. The maximum absolute atomic E-state index is 13.5. The minimum Gasteiger partial charge on any atom is -0.335 e. The van der Waals surface area contributed by atoms with Crippen LogP contribution in [-0.2, 0) is 4.79 Å². The van der Waals surface area contributed by atoms with E-state index in [4.69, 9.17) is 16.1 Å². The van der Waals surface area contributed by atoms with Crippen LogP contribution in [0, 0.1) is 6.92 Å². The standard InChI is InChI=1S/C24H23ClN4O3/c1-4-19(23(30)28(5-2)18-8-6-7-15(3)13-18)29-14-26-22-20(24(29)31)21(27-32-22)16-9-11-17(25)12-10-16/h6-14,19H,4-5H2,1-3H3/t19-/m0/s1. The Morgan fingerprint density at radius 2 is 1.94 bits per heavy atom. The number of fused-ring (bicyclic) bond motifs is 1. The highest BCUT2D eigenvalue weighted by atomic mass is 35.5. The minimum atomic E-state index is -0.715. The van der Waals surface area contributed by atoms with Gasteiger partial charge in [-0.25, -0.2) is 4.98 Å². The van der Waals surface area contributed by atoms with E-state index >= 15 is 0 Å². The SMILES string of the molecule is CC[C@@H](C(=O)N(CC)c1cccc(C)c1)n1cnc2onc(-c3ccc(Cl)cc3)c2c1=O. The molecule has 4 aromatic rings. The summed E-state index contributed by atoms with van der Waals surface area (Å²) in [6, 6.07) is 14.0. The molecule has 0 unspecified atom stereocenters. The summed E-state index contributed by atoms with van der Waals surface area (Å²) in [7, 11) is 0. The maximum Gasteiger partial charge on any atom is 0.267 e. The Morgan fingerprint density at radius 1 is 1.19 bits per heavy atom. The zero-order valence-electron chi connectivity index (χ0n) is 18.1. The van der Waals surface area contributed by atoms with Crippen LogP contribution in [0.2, 0.25) is 5.02 Å². The Kier molecular flexibility index (Phi) is 6.10. The van der Waals surface area contributed by atoms with Crippen LogP contribution >= 0.6 is 11.6 Å². The summed E-state index contributed by atoms with van der Waals surface area (Å²) >= 11 is 5.98. The van der Waals surface area contributed by atoms with Gasteiger partial charge in [0.1, 0.15) is 23.4 Å². The van der Waals surface area contributed by atoms with Crippen molar-refractivity contribution < 1.29 is 9.32 Å². The van der Waals surface area contributed by atoms with Crippen molar-refractivity contribution in [1.29, 1.82) is 0 Å². The van der Waals surface area contributed by atoms with Crippen molar-refractivity contribution in [3.63, 3.8) is 0 Å². The van der Waals surface area contributed by atoms with Gasteiger partial charge in [-0.3, -0.25) is 14.2 Å². The summed E-state index contributed by atoms with van der Waals surface area (Å²) < 4.78 is 6.67. The van der Waals surface area contributed by atoms with Crippen LogP contribution in [0.5, 0.6) is 0 Å². The number of likely N-dealkylation sites (N-methyl/N-ethyl adjacent to an activating group) is 1. The van der Waals surface area contributed by atoms with E-state index in [-0.39, 0.29) is 22.6 Å². The molecule has 0 aliphatic rings. The lowest BCUT2D eigenvalue weighted by Gasteiger charge is -2.27. The van der Waals surface area contributed by atoms with Crippen LogP contribution in [0.25, 0.3) is 22.4 Å². The first-order valence-corrected chi connectivity index (χ1v) is 10.8. The highest BCUT2D eigenvalue weighted by Crippen LogP contribution is 2.27. The fraction of sp³-hybridized carbons (Fsp3) is 0.250. The lowest BCUT2D eigenvalue weighted by Crippen LogP contribution is -2.40. The third-order valence-electron chi connectivity index (χ3n) is 5.44. The van der Waals surface area contributed by atoms with Crippen molar-refractivity contribution in [3.05, 3.63) is 75.8 Å². The number of carbonyl (C=O) groups excluding carboxylic acids is 1. The topological polar surface area (TPSA) is 81.2 Å². The number of carbonyl (C=O) groups is 1. The summed E-state index contributed by atoms with van der Waals surface area (Å²) in [5, 5.41) is 4.86. The van der Waals surface area contributed by atoms with Crippen molar-refractivity contribution in [1.82, 2.24) is 14.7 Å². The average Bonchev–Trinajstić information content (AvgIpc) is 3.22. The average molecular weight is 451 g/mol. The van der Waals surface area contributed by atoms with E-state index in [1.165, 1.54) is 10.9 Å². The summed E-state index contributed by atoms with van der Waals surface area (Å²) in [5.74, 6) is -0.173. The van der Waals surface area contributed by atoms with Crippen molar-refractivity contribution in [2.45, 2.75) is 33.2 Å². The van der Waals surface area contributed by atoms with Gasteiger partial charge in [-0.2, -0.15) is 0 Å². The summed E-state index contributed by atoms with van der Waals surface area (Å²) in [6.07, 6.45) is 1.79. The second-order valence-corrected chi connectivity index (χ2v) is 7.96. The molecule has 164 valence electrons. The van der Waals surface area contributed by atoms with Gasteiger partial charge in [0.25, 0.3) is 11.3 Å². The normalized spacial score (nSPS) is 12.1. The van der Waals surface area contributed by atoms with Gasteiger partial charge >= 0.3 is 0 Å². The molecule has 0 aliphatic carbocycles. The van der Waals surface area contributed by atoms with E-state index in [0.29, 0.717) is 29.2 Å². The molecule has 0 bridgehead atoms. The third-order valence-corrected chi connectivity index (χ3v) is 5.69. The molecule has 0 saturated heterocycles. The number of amides is 1. The molecule has 2 aromatic carbocycles. The third kappa shape index (κ3) is 3.91. The van der Waals surface area contributed by atoms with E-state index in [1.54, 1.807) is 29.2 Å². The Hall–Kier alpha value is -3.45. The van der Waals surface area contributed by atoms with Gasteiger partial charge in [0, 0.05) is 22.8 Å². The largest absolute Gasteiger partial charge is 0.335 e. The monoisotopic (exact) mass is 450 g/mol. The van der Waals surface area contributed by atoms with E-state index in [2.05, 4.69) is 10.1 Å². The molecule has 0 N–H and O–H groups in total. The van der Waals surface area contributed by atoms with E-state index in [1.807, 2.05) is 45.0 Å². The van der Waals surface area contributed by atoms with Crippen molar-refractivity contribution in [2.75, 3.05) is 11.4 Å². The number of aryl methyl sites for hydroxylation is 1. The van der Waals surface area contributed by atoms with E-state index < -0.39 is 6.04 Å². The van der Waals surface area contributed by atoms with Gasteiger partial charge in [0.05, 0.1) is 0 Å². The zero-order valence-corrected chi connectivity index (χ0v) is 18.8. The minimum absolute atomic E-state index is 0.129. The lowest BCUT2D eigenvalue weighted by molar-refractivity contribution is -0.121. The highest BCUT2D eigenvalue weighted by Gasteiger charge is 2.28. The summed E-state index contributed by atoms with van der Waals surface area (Å²) in [5.41, 5.74) is 2.66.